The first-order chi connectivity index (χ1) is 12.5. The van der Waals surface area contributed by atoms with Crippen LogP contribution in [0.5, 0.6) is 11.5 Å². The summed E-state index contributed by atoms with van der Waals surface area (Å²) >= 11 is -2.08. The van der Waals surface area contributed by atoms with E-state index in [0.717, 1.165) is 0 Å². The first-order valence-corrected chi connectivity index (χ1v) is 8.38. The molecule has 0 bridgehead atoms. The maximum atomic E-state index is 12.3. The van der Waals surface area contributed by atoms with Crippen molar-refractivity contribution in [2.24, 2.45) is 0 Å². The Morgan fingerprint density at radius 1 is 0.923 bits per heavy atom. The summed E-state index contributed by atoms with van der Waals surface area (Å²) in [5, 5.41) is 0. The minimum absolute atomic E-state index is 0.00956. The first kappa shape index (κ1) is 19.3. The van der Waals surface area contributed by atoms with Gasteiger partial charge < -0.3 is 18.4 Å². The van der Waals surface area contributed by atoms with Gasteiger partial charge in [-0.15, -0.1) is 0 Å². The Balaban J connectivity index is 2.29. The summed E-state index contributed by atoms with van der Waals surface area (Å²) in [4.78, 5) is 23.5. The molecule has 0 saturated heterocycles. The number of carbonyl (C=O) groups excluding carboxylic acids is 2. The number of carbonyl (C=O) groups is 2. The van der Waals surface area contributed by atoms with E-state index in [9.17, 15) is 13.8 Å². The molecule has 0 aromatic heterocycles. The second-order valence-electron chi connectivity index (χ2n) is 4.81. The molecule has 1 unspecified atom stereocenters. The van der Waals surface area contributed by atoms with Gasteiger partial charge in [0.25, 0.3) is 0 Å². The van der Waals surface area contributed by atoms with Gasteiger partial charge in [-0.3, -0.25) is 4.72 Å². The molecular formula is C17H17NO7S. The third kappa shape index (κ3) is 4.51. The molecule has 2 aromatic rings. The van der Waals surface area contributed by atoms with E-state index in [1.807, 2.05) is 0 Å². The molecule has 0 aliphatic heterocycles. The lowest BCUT2D eigenvalue weighted by Gasteiger charge is -2.13. The summed E-state index contributed by atoms with van der Waals surface area (Å²) in [7, 11) is 3.89. The Morgan fingerprint density at radius 2 is 1.62 bits per heavy atom. The number of benzene rings is 2. The van der Waals surface area contributed by atoms with E-state index >= 15 is 0 Å². The Kier molecular flexibility index (Phi) is 6.56. The fourth-order valence-corrected chi connectivity index (χ4v) is 2.73. The lowest BCUT2D eigenvalue weighted by atomic mass is 10.1. The molecule has 2 aromatic carbocycles. The van der Waals surface area contributed by atoms with Crippen molar-refractivity contribution in [3.8, 4) is 11.5 Å². The van der Waals surface area contributed by atoms with Crippen LogP contribution < -0.4 is 13.6 Å². The zero-order chi connectivity index (χ0) is 19.1. The Bertz CT molecular complexity index is 838. The van der Waals surface area contributed by atoms with Crippen molar-refractivity contribution in [1.29, 1.82) is 0 Å². The zero-order valence-corrected chi connectivity index (χ0v) is 15.1. The molecule has 0 aliphatic rings. The van der Waals surface area contributed by atoms with Crippen LogP contribution in [0, 0.1) is 0 Å². The molecule has 0 aliphatic carbocycles. The minimum Gasteiger partial charge on any atom is -0.495 e. The number of anilines is 1. The fourth-order valence-electron chi connectivity index (χ4n) is 2.04. The summed E-state index contributed by atoms with van der Waals surface area (Å²) in [6, 6.07) is 10.8. The normalized spacial score (nSPS) is 11.2. The van der Waals surface area contributed by atoms with E-state index in [2.05, 4.69) is 14.2 Å². The minimum atomic E-state index is -2.08. The summed E-state index contributed by atoms with van der Waals surface area (Å²) in [5.74, 6) is -0.970. The molecule has 0 fully saturated rings. The zero-order valence-electron chi connectivity index (χ0n) is 14.3. The van der Waals surface area contributed by atoms with Gasteiger partial charge in [-0.1, -0.05) is 12.1 Å². The Morgan fingerprint density at radius 3 is 2.27 bits per heavy atom. The van der Waals surface area contributed by atoms with Crippen molar-refractivity contribution < 1.29 is 32.2 Å². The van der Waals surface area contributed by atoms with Crippen molar-refractivity contribution in [1.82, 2.24) is 0 Å². The van der Waals surface area contributed by atoms with E-state index in [1.165, 1.54) is 39.5 Å². The van der Waals surface area contributed by atoms with Crippen LogP contribution >= 0.6 is 0 Å². The maximum Gasteiger partial charge on any atom is 0.341 e. The van der Waals surface area contributed by atoms with Crippen LogP contribution in [0.4, 0.5) is 5.69 Å². The van der Waals surface area contributed by atoms with Gasteiger partial charge in [0, 0.05) is 0 Å². The summed E-state index contributed by atoms with van der Waals surface area (Å²) in [6.45, 7) is 0. The highest BCUT2D eigenvalue weighted by Gasteiger charge is 2.19. The molecule has 1 N–H and O–H groups in total. The quantitative estimate of drug-likeness (QED) is 0.737. The number of ether oxygens (including phenoxy) is 3. The molecule has 9 heteroatoms. The first-order valence-electron chi connectivity index (χ1n) is 7.30. The van der Waals surface area contributed by atoms with Gasteiger partial charge in [-0.05, 0) is 30.3 Å². The topological polar surface area (TPSA) is 100 Å². The monoisotopic (exact) mass is 379 g/mol. The molecule has 26 heavy (non-hydrogen) atoms. The molecule has 0 heterocycles. The molecule has 0 saturated carbocycles. The fraction of sp³-hybridized carbons (Fsp3) is 0.176. The van der Waals surface area contributed by atoms with Crippen molar-refractivity contribution >= 4 is 28.9 Å². The van der Waals surface area contributed by atoms with Gasteiger partial charge in [0.05, 0.1) is 32.6 Å². The smallest absolute Gasteiger partial charge is 0.341 e. The standard InChI is InChI=1S/C17H17NO7S/c1-22-14-7-5-4-6-13(14)18-26(21)25-15-10-11(16(19)23-2)8-9-12(15)17(20)24-3/h4-10,18H,1-3H3. The van der Waals surface area contributed by atoms with Crippen LogP contribution in [0.15, 0.2) is 42.5 Å². The molecule has 8 nitrogen and oxygen atoms in total. The van der Waals surface area contributed by atoms with Crippen LogP contribution in [0.1, 0.15) is 20.7 Å². The molecule has 0 radical (unpaired) electrons. The highest BCUT2D eigenvalue weighted by atomic mass is 32.2. The maximum absolute atomic E-state index is 12.3. The largest absolute Gasteiger partial charge is 0.495 e. The van der Waals surface area contributed by atoms with Crippen LogP contribution in [0.2, 0.25) is 0 Å². The van der Waals surface area contributed by atoms with Crippen LogP contribution in [0.25, 0.3) is 0 Å². The number of rotatable bonds is 7. The molecule has 2 rings (SSSR count). The molecule has 138 valence electrons. The lowest BCUT2D eigenvalue weighted by molar-refractivity contribution is 0.0585. The van der Waals surface area contributed by atoms with Crippen molar-refractivity contribution in [3.63, 3.8) is 0 Å². The van der Waals surface area contributed by atoms with Gasteiger partial charge >= 0.3 is 23.2 Å². The summed E-state index contributed by atoms with van der Waals surface area (Å²) < 4.78 is 34.7. The van der Waals surface area contributed by atoms with Gasteiger partial charge in [-0.25, -0.2) is 9.59 Å². The number of methoxy groups -OCH3 is 3. The van der Waals surface area contributed by atoms with Gasteiger partial charge in [0.15, 0.2) is 5.75 Å². The average Bonchev–Trinajstić information content (AvgIpc) is 2.67. The van der Waals surface area contributed by atoms with Gasteiger partial charge in [0.2, 0.25) is 0 Å². The lowest BCUT2D eigenvalue weighted by Crippen LogP contribution is -2.15. The van der Waals surface area contributed by atoms with E-state index < -0.39 is 23.2 Å². The summed E-state index contributed by atoms with van der Waals surface area (Å²) in [5.41, 5.74) is 0.567. The number of hydrogen-bond acceptors (Lipinski definition) is 7. The van der Waals surface area contributed by atoms with Gasteiger partial charge in [0.1, 0.15) is 11.3 Å². The number of nitrogens with one attached hydrogen (secondary N) is 1. The van der Waals surface area contributed by atoms with Crippen molar-refractivity contribution in [2.45, 2.75) is 0 Å². The number of hydrogen-bond donors (Lipinski definition) is 1. The van der Waals surface area contributed by atoms with E-state index in [4.69, 9.17) is 8.92 Å². The van der Waals surface area contributed by atoms with Crippen molar-refractivity contribution in [3.05, 3.63) is 53.6 Å². The number of esters is 2. The Hall–Kier alpha value is -3.07. The molecule has 1 atom stereocenters. The van der Waals surface area contributed by atoms with Crippen LogP contribution in [0.3, 0.4) is 0 Å². The van der Waals surface area contributed by atoms with E-state index in [0.29, 0.717) is 11.4 Å². The highest BCUT2D eigenvalue weighted by Crippen LogP contribution is 2.26. The second-order valence-corrected chi connectivity index (χ2v) is 5.65. The third-order valence-electron chi connectivity index (χ3n) is 3.27. The van der Waals surface area contributed by atoms with Crippen molar-refractivity contribution in [2.75, 3.05) is 26.1 Å². The summed E-state index contributed by atoms with van der Waals surface area (Å²) in [6.07, 6.45) is 0. The average molecular weight is 379 g/mol. The predicted octanol–water partition coefficient (Wildman–Crippen LogP) is 2.34. The van der Waals surface area contributed by atoms with Gasteiger partial charge in [-0.2, -0.15) is 4.21 Å². The van der Waals surface area contributed by atoms with Crippen LogP contribution in [-0.2, 0) is 20.7 Å². The molecule has 0 spiro atoms. The molecular weight excluding hydrogens is 362 g/mol. The second kappa shape index (κ2) is 8.86. The molecule has 0 amide bonds. The highest BCUT2D eigenvalue weighted by molar-refractivity contribution is 7.82. The Labute approximate surface area is 152 Å². The number of para-hydroxylation sites is 2. The SMILES string of the molecule is COC(=O)c1ccc(C(=O)OC)c(OS(=O)Nc2ccccc2OC)c1. The third-order valence-corrected chi connectivity index (χ3v) is 3.99. The van der Waals surface area contributed by atoms with E-state index in [-0.39, 0.29) is 16.9 Å². The van der Waals surface area contributed by atoms with E-state index in [1.54, 1.807) is 24.3 Å². The van der Waals surface area contributed by atoms with Crippen LogP contribution in [-0.4, -0.2) is 37.5 Å². The predicted molar refractivity (Wildman–Crippen MR) is 94.5 cm³/mol.